The van der Waals surface area contributed by atoms with Gasteiger partial charge in [-0.15, -0.1) is 0 Å². The zero-order valence-electron chi connectivity index (χ0n) is 13.1. The normalized spacial score (nSPS) is 16.0. The quantitative estimate of drug-likeness (QED) is 0.424. The standard InChI is InChI=1S/C18H14BrClN2OS2/c19-11-5-6-12-13-10-22(25-17(13)7-8-23-16(12)9-11)18(24)21-15-4-2-1-3-14(15)20/h1-6,9H,7-8,10H2,(H,21,24). The van der Waals surface area contributed by atoms with Gasteiger partial charge in [0, 0.05) is 21.4 Å². The molecule has 2 aliphatic rings. The smallest absolute Gasteiger partial charge is 0.184 e. The van der Waals surface area contributed by atoms with Crippen molar-refractivity contribution in [2.24, 2.45) is 0 Å². The Morgan fingerprint density at radius 2 is 2.12 bits per heavy atom. The van der Waals surface area contributed by atoms with Gasteiger partial charge in [-0.05, 0) is 60.1 Å². The molecule has 0 aromatic heterocycles. The van der Waals surface area contributed by atoms with E-state index in [1.54, 1.807) is 11.9 Å². The second-order valence-corrected chi connectivity index (χ2v) is 8.50. The third-order valence-electron chi connectivity index (χ3n) is 4.06. The Labute approximate surface area is 169 Å². The maximum Gasteiger partial charge on any atom is 0.184 e. The summed E-state index contributed by atoms with van der Waals surface area (Å²) >= 11 is 17.0. The van der Waals surface area contributed by atoms with Gasteiger partial charge < -0.3 is 10.1 Å². The van der Waals surface area contributed by atoms with E-state index < -0.39 is 0 Å². The van der Waals surface area contributed by atoms with Gasteiger partial charge in [0.1, 0.15) is 5.75 Å². The summed E-state index contributed by atoms with van der Waals surface area (Å²) in [5.74, 6) is 0.923. The van der Waals surface area contributed by atoms with E-state index in [1.165, 1.54) is 10.5 Å². The summed E-state index contributed by atoms with van der Waals surface area (Å²) in [6.07, 6.45) is 0.886. The molecule has 0 bridgehead atoms. The number of fused-ring (bicyclic) bond motifs is 2. The molecule has 2 aromatic rings. The van der Waals surface area contributed by atoms with E-state index in [9.17, 15) is 0 Å². The zero-order valence-corrected chi connectivity index (χ0v) is 17.1. The van der Waals surface area contributed by atoms with Crippen LogP contribution >= 0.6 is 51.7 Å². The molecule has 25 heavy (non-hydrogen) atoms. The van der Waals surface area contributed by atoms with Gasteiger partial charge in [-0.3, -0.25) is 4.31 Å². The molecule has 0 atom stereocenters. The Morgan fingerprint density at radius 3 is 2.96 bits per heavy atom. The Kier molecular flexibility index (Phi) is 4.95. The first-order valence-electron chi connectivity index (χ1n) is 7.77. The molecule has 0 saturated heterocycles. The fourth-order valence-corrected chi connectivity index (χ4v) is 4.71. The zero-order chi connectivity index (χ0) is 17.4. The van der Waals surface area contributed by atoms with Crippen LogP contribution in [0.4, 0.5) is 5.69 Å². The molecule has 2 heterocycles. The van der Waals surface area contributed by atoms with E-state index in [0.29, 0.717) is 16.7 Å². The van der Waals surface area contributed by atoms with Crippen LogP contribution in [0.1, 0.15) is 12.0 Å². The highest BCUT2D eigenvalue weighted by Crippen LogP contribution is 2.45. The number of hydrogen-bond acceptors (Lipinski definition) is 3. The molecule has 0 saturated carbocycles. The van der Waals surface area contributed by atoms with E-state index in [-0.39, 0.29) is 0 Å². The topological polar surface area (TPSA) is 24.5 Å². The molecule has 3 nitrogen and oxygen atoms in total. The van der Waals surface area contributed by atoms with E-state index in [0.717, 1.165) is 34.4 Å². The van der Waals surface area contributed by atoms with Gasteiger partial charge >= 0.3 is 0 Å². The van der Waals surface area contributed by atoms with Crippen LogP contribution in [0.5, 0.6) is 5.75 Å². The minimum absolute atomic E-state index is 0.658. The number of halogens is 2. The predicted molar refractivity (Wildman–Crippen MR) is 113 cm³/mol. The second kappa shape index (κ2) is 7.19. The van der Waals surface area contributed by atoms with Crippen molar-refractivity contribution in [3.8, 4) is 5.75 Å². The lowest BCUT2D eigenvalue weighted by Crippen LogP contribution is -2.28. The molecular weight excluding hydrogens is 440 g/mol. The lowest BCUT2D eigenvalue weighted by molar-refractivity contribution is 0.325. The first-order chi connectivity index (χ1) is 12.1. The Balaban J connectivity index is 1.55. The van der Waals surface area contributed by atoms with E-state index in [1.807, 2.05) is 36.4 Å². The average molecular weight is 454 g/mol. The summed E-state index contributed by atoms with van der Waals surface area (Å²) in [5, 5.41) is 4.57. The molecule has 0 fully saturated rings. The third kappa shape index (κ3) is 3.53. The van der Waals surface area contributed by atoms with E-state index in [2.05, 4.69) is 31.6 Å². The molecular formula is C18H14BrClN2OS2. The molecule has 2 aliphatic heterocycles. The predicted octanol–water partition coefficient (Wildman–Crippen LogP) is 5.96. The fourth-order valence-electron chi connectivity index (χ4n) is 2.86. The van der Waals surface area contributed by atoms with Crippen molar-refractivity contribution < 1.29 is 4.74 Å². The van der Waals surface area contributed by atoms with Gasteiger partial charge in [0.25, 0.3) is 0 Å². The highest BCUT2D eigenvalue weighted by molar-refractivity contribution is 9.10. The fraction of sp³-hybridized carbons (Fsp3) is 0.167. The van der Waals surface area contributed by atoms with Crippen molar-refractivity contribution >= 4 is 68.1 Å². The summed E-state index contributed by atoms with van der Waals surface area (Å²) in [4.78, 5) is 1.31. The number of rotatable bonds is 1. The monoisotopic (exact) mass is 452 g/mol. The summed E-state index contributed by atoms with van der Waals surface area (Å²) < 4.78 is 9.02. The Bertz CT molecular complexity index is 887. The maximum atomic E-state index is 6.22. The molecule has 1 N–H and O–H groups in total. The van der Waals surface area contributed by atoms with Gasteiger partial charge in [0.15, 0.2) is 5.11 Å². The summed E-state index contributed by atoms with van der Waals surface area (Å²) in [6, 6.07) is 13.8. The summed E-state index contributed by atoms with van der Waals surface area (Å²) in [6.45, 7) is 1.42. The number of thiocarbonyl (C=S) groups is 1. The van der Waals surface area contributed by atoms with Crippen molar-refractivity contribution in [1.82, 2.24) is 4.31 Å². The number of anilines is 1. The van der Waals surface area contributed by atoms with Crippen LogP contribution in [0.15, 0.2) is 51.8 Å². The molecule has 0 radical (unpaired) electrons. The van der Waals surface area contributed by atoms with Crippen molar-refractivity contribution in [2.75, 3.05) is 18.5 Å². The van der Waals surface area contributed by atoms with Crippen LogP contribution in [0.25, 0.3) is 5.57 Å². The van der Waals surface area contributed by atoms with Crippen LogP contribution < -0.4 is 10.1 Å². The number of ether oxygens (including phenoxy) is 1. The minimum Gasteiger partial charge on any atom is -0.493 e. The van der Waals surface area contributed by atoms with Crippen molar-refractivity contribution in [3.63, 3.8) is 0 Å². The largest absolute Gasteiger partial charge is 0.493 e. The van der Waals surface area contributed by atoms with Crippen molar-refractivity contribution in [1.29, 1.82) is 0 Å². The molecule has 0 aliphatic carbocycles. The maximum absolute atomic E-state index is 6.22. The highest BCUT2D eigenvalue weighted by atomic mass is 79.9. The summed E-state index contributed by atoms with van der Waals surface area (Å²) in [7, 11) is 0. The van der Waals surface area contributed by atoms with Crippen LogP contribution in [-0.2, 0) is 0 Å². The number of nitrogens with zero attached hydrogens (tertiary/aromatic N) is 1. The highest BCUT2D eigenvalue weighted by Gasteiger charge is 2.29. The van der Waals surface area contributed by atoms with Crippen LogP contribution in [-0.4, -0.2) is 22.6 Å². The molecule has 0 spiro atoms. The molecule has 128 valence electrons. The van der Waals surface area contributed by atoms with Gasteiger partial charge in [-0.2, -0.15) is 0 Å². The number of para-hydroxylation sites is 1. The van der Waals surface area contributed by atoms with Crippen LogP contribution in [0, 0.1) is 0 Å². The molecule has 2 aromatic carbocycles. The third-order valence-corrected chi connectivity index (χ3v) is 6.52. The van der Waals surface area contributed by atoms with Gasteiger partial charge in [0.2, 0.25) is 0 Å². The lowest BCUT2D eigenvalue weighted by Gasteiger charge is -2.21. The van der Waals surface area contributed by atoms with E-state index >= 15 is 0 Å². The molecule has 0 unspecified atom stereocenters. The summed E-state index contributed by atoms with van der Waals surface area (Å²) in [5.41, 5.74) is 3.25. The Hall–Kier alpha value is -1.21. The van der Waals surface area contributed by atoms with Gasteiger partial charge in [0.05, 0.1) is 23.9 Å². The van der Waals surface area contributed by atoms with Crippen LogP contribution in [0.2, 0.25) is 5.02 Å². The van der Waals surface area contributed by atoms with Crippen molar-refractivity contribution in [2.45, 2.75) is 6.42 Å². The molecule has 7 heteroatoms. The number of hydrogen-bond donors (Lipinski definition) is 1. The average Bonchev–Trinajstić information content (AvgIpc) is 2.94. The van der Waals surface area contributed by atoms with E-state index in [4.69, 9.17) is 28.6 Å². The molecule has 4 rings (SSSR count). The number of benzene rings is 2. The van der Waals surface area contributed by atoms with Crippen molar-refractivity contribution in [3.05, 3.63) is 62.4 Å². The Morgan fingerprint density at radius 1 is 1.28 bits per heavy atom. The first kappa shape index (κ1) is 17.2. The van der Waals surface area contributed by atoms with Crippen LogP contribution in [0.3, 0.4) is 0 Å². The number of nitrogens with one attached hydrogen (secondary N) is 1. The van der Waals surface area contributed by atoms with Gasteiger partial charge in [-0.1, -0.05) is 39.7 Å². The molecule has 0 amide bonds. The first-order valence-corrected chi connectivity index (χ1v) is 10.1. The SMILES string of the molecule is S=C(Nc1ccccc1Cl)N1CC2=C(CCOc3cc(Br)ccc32)S1. The second-order valence-electron chi connectivity index (χ2n) is 5.68. The van der Waals surface area contributed by atoms with Gasteiger partial charge in [-0.25, -0.2) is 0 Å². The minimum atomic E-state index is 0.658. The lowest BCUT2D eigenvalue weighted by atomic mass is 10.0.